The van der Waals surface area contributed by atoms with Gasteiger partial charge in [-0.15, -0.1) is 0 Å². The lowest BCUT2D eigenvalue weighted by Gasteiger charge is -2.20. The van der Waals surface area contributed by atoms with E-state index in [9.17, 15) is 13.2 Å². The second-order valence-electron chi connectivity index (χ2n) is 4.68. The molecular weight excluding hydrogens is 306 g/mol. The molecule has 2 N–H and O–H groups in total. The second-order valence-corrected chi connectivity index (χ2v) is 7.60. The monoisotopic (exact) mass is 317 g/mol. The Labute approximate surface area is 119 Å². The SMILES string of the molecule is CC(C)(C(=O)Nc1nc(Cl)c2[nH]cnc2n1)S(C)(=O)=O. The normalized spacial score (nSPS) is 12.6. The van der Waals surface area contributed by atoms with Crippen LogP contribution in [0, 0.1) is 0 Å². The van der Waals surface area contributed by atoms with Gasteiger partial charge in [-0.3, -0.25) is 10.1 Å². The largest absolute Gasteiger partial charge is 0.341 e. The van der Waals surface area contributed by atoms with Gasteiger partial charge in [-0.05, 0) is 13.8 Å². The molecule has 0 aromatic carbocycles. The molecule has 0 aliphatic carbocycles. The summed E-state index contributed by atoms with van der Waals surface area (Å²) in [7, 11) is -3.59. The molecule has 0 fully saturated rings. The molecule has 0 spiro atoms. The number of hydrogen-bond donors (Lipinski definition) is 2. The standard InChI is InChI=1S/C10H12ClN5O3S/c1-10(2,20(3,18)19)8(17)16-9-14-6(11)5-7(15-9)13-4-12-5/h4H,1-3H3,(H2,12,13,14,15,16,17). The molecule has 1 amide bonds. The van der Waals surface area contributed by atoms with E-state index in [1.54, 1.807) is 0 Å². The Balaban J connectivity index is 2.35. The van der Waals surface area contributed by atoms with Gasteiger partial charge < -0.3 is 4.98 Å². The number of fused-ring (bicyclic) bond motifs is 1. The minimum absolute atomic E-state index is 0.0833. The molecule has 8 nitrogen and oxygen atoms in total. The van der Waals surface area contributed by atoms with Gasteiger partial charge in [0.25, 0.3) is 0 Å². The van der Waals surface area contributed by atoms with Crippen molar-refractivity contribution in [3.8, 4) is 0 Å². The molecule has 0 saturated carbocycles. The van der Waals surface area contributed by atoms with E-state index in [1.807, 2.05) is 0 Å². The van der Waals surface area contributed by atoms with Crippen LogP contribution < -0.4 is 5.32 Å². The van der Waals surface area contributed by atoms with E-state index in [-0.39, 0.29) is 16.7 Å². The second kappa shape index (κ2) is 4.67. The number of H-pyrrole nitrogens is 1. The van der Waals surface area contributed by atoms with E-state index in [2.05, 4.69) is 25.3 Å². The average Bonchev–Trinajstić information content (AvgIpc) is 2.75. The molecule has 2 aromatic rings. The van der Waals surface area contributed by atoms with Crippen molar-refractivity contribution < 1.29 is 13.2 Å². The Morgan fingerprint density at radius 3 is 2.65 bits per heavy atom. The predicted octanol–water partition coefficient (Wildman–Crippen LogP) is 0.768. The number of sulfone groups is 1. The topological polar surface area (TPSA) is 118 Å². The first-order chi connectivity index (χ1) is 9.13. The number of aromatic amines is 1. The van der Waals surface area contributed by atoms with E-state index < -0.39 is 20.5 Å². The first-order valence-electron chi connectivity index (χ1n) is 5.50. The number of carbonyl (C=O) groups is 1. The number of nitrogens with one attached hydrogen (secondary N) is 2. The smallest absolute Gasteiger partial charge is 0.247 e. The summed E-state index contributed by atoms with van der Waals surface area (Å²) in [5.74, 6) is -0.845. The Hall–Kier alpha value is -1.74. The van der Waals surface area contributed by atoms with Gasteiger partial charge in [-0.2, -0.15) is 9.97 Å². The fraction of sp³-hybridized carbons (Fsp3) is 0.400. The summed E-state index contributed by atoms with van der Waals surface area (Å²) in [5.41, 5.74) is 0.713. The maximum absolute atomic E-state index is 12.0. The molecule has 108 valence electrons. The van der Waals surface area contributed by atoms with Crippen molar-refractivity contribution in [2.45, 2.75) is 18.6 Å². The molecule has 0 saturated heterocycles. The van der Waals surface area contributed by atoms with E-state index in [4.69, 9.17) is 11.6 Å². The van der Waals surface area contributed by atoms with Gasteiger partial charge in [0.05, 0.1) is 6.33 Å². The molecule has 0 bridgehead atoms. The number of halogens is 1. The molecular formula is C10H12ClN5O3S. The number of aromatic nitrogens is 4. The molecule has 0 aliphatic rings. The van der Waals surface area contributed by atoms with Gasteiger partial charge >= 0.3 is 0 Å². The first kappa shape index (κ1) is 14.7. The Morgan fingerprint density at radius 1 is 1.40 bits per heavy atom. The lowest BCUT2D eigenvalue weighted by Crippen LogP contribution is -2.44. The molecule has 0 atom stereocenters. The minimum atomic E-state index is -3.59. The summed E-state index contributed by atoms with van der Waals surface area (Å²) in [6.07, 6.45) is 2.37. The summed E-state index contributed by atoms with van der Waals surface area (Å²) in [6, 6.07) is 0. The highest BCUT2D eigenvalue weighted by Crippen LogP contribution is 2.21. The molecule has 0 unspecified atom stereocenters. The highest BCUT2D eigenvalue weighted by molar-refractivity contribution is 7.92. The van der Waals surface area contributed by atoms with Crippen LogP contribution in [0.2, 0.25) is 5.15 Å². The van der Waals surface area contributed by atoms with E-state index in [1.165, 1.54) is 20.2 Å². The van der Waals surface area contributed by atoms with E-state index in [0.717, 1.165) is 6.26 Å². The molecule has 2 rings (SSSR count). The minimum Gasteiger partial charge on any atom is -0.341 e. The van der Waals surface area contributed by atoms with Crippen molar-refractivity contribution in [3.05, 3.63) is 11.5 Å². The number of hydrogen-bond acceptors (Lipinski definition) is 6. The fourth-order valence-corrected chi connectivity index (χ4v) is 1.88. The van der Waals surface area contributed by atoms with Crippen LogP contribution >= 0.6 is 11.6 Å². The first-order valence-corrected chi connectivity index (χ1v) is 7.77. The molecule has 2 aromatic heterocycles. The number of imidazole rings is 1. The Morgan fingerprint density at radius 2 is 2.05 bits per heavy atom. The number of anilines is 1. The molecule has 0 aliphatic heterocycles. The van der Waals surface area contributed by atoms with Crippen LogP contribution in [0.25, 0.3) is 11.2 Å². The van der Waals surface area contributed by atoms with Crippen molar-refractivity contribution >= 4 is 44.5 Å². The summed E-state index contributed by atoms with van der Waals surface area (Å²) < 4.78 is 21.5. The summed E-state index contributed by atoms with van der Waals surface area (Å²) >= 11 is 5.90. The van der Waals surface area contributed by atoms with Crippen molar-refractivity contribution in [2.75, 3.05) is 11.6 Å². The zero-order chi connectivity index (χ0) is 15.1. The van der Waals surface area contributed by atoms with E-state index in [0.29, 0.717) is 5.52 Å². The quantitative estimate of drug-likeness (QED) is 0.807. The van der Waals surface area contributed by atoms with Crippen LogP contribution in [0.15, 0.2) is 6.33 Å². The van der Waals surface area contributed by atoms with Gasteiger partial charge in [-0.1, -0.05) is 11.6 Å². The zero-order valence-corrected chi connectivity index (χ0v) is 12.5. The molecule has 10 heteroatoms. The van der Waals surface area contributed by atoms with Gasteiger partial charge in [0, 0.05) is 6.26 Å². The number of nitrogens with zero attached hydrogens (tertiary/aromatic N) is 3. The van der Waals surface area contributed by atoms with Crippen LogP contribution in [-0.2, 0) is 14.6 Å². The lowest BCUT2D eigenvalue weighted by molar-refractivity contribution is -0.117. The average molecular weight is 318 g/mol. The maximum Gasteiger partial charge on any atom is 0.247 e. The number of carbonyl (C=O) groups excluding carboxylic acids is 1. The van der Waals surface area contributed by atoms with Crippen LogP contribution in [-0.4, -0.2) is 45.3 Å². The van der Waals surface area contributed by atoms with Gasteiger partial charge in [0.2, 0.25) is 11.9 Å². The van der Waals surface area contributed by atoms with Crippen LogP contribution in [0.1, 0.15) is 13.8 Å². The third-order valence-electron chi connectivity index (χ3n) is 2.94. The van der Waals surface area contributed by atoms with Gasteiger partial charge in [0.1, 0.15) is 10.3 Å². The highest BCUT2D eigenvalue weighted by Gasteiger charge is 2.38. The Bertz CT molecular complexity index is 783. The van der Waals surface area contributed by atoms with Crippen LogP contribution in [0.4, 0.5) is 5.95 Å². The van der Waals surface area contributed by atoms with Crippen LogP contribution in [0.5, 0.6) is 0 Å². The van der Waals surface area contributed by atoms with Gasteiger partial charge in [-0.25, -0.2) is 13.4 Å². The van der Waals surface area contributed by atoms with Crippen molar-refractivity contribution in [2.24, 2.45) is 0 Å². The van der Waals surface area contributed by atoms with E-state index >= 15 is 0 Å². The molecule has 0 radical (unpaired) electrons. The van der Waals surface area contributed by atoms with Crippen LogP contribution in [0.3, 0.4) is 0 Å². The van der Waals surface area contributed by atoms with Crippen molar-refractivity contribution in [1.82, 2.24) is 19.9 Å². The van der Waals surface area contributed by atoms with Crippen molar-refractivity contribution in [1.29, 1.82) is 0 Å². The van der Waals surface area contributed by atoms with Gasteiger partial charge in [0.15, 0.2) is 20.6 Å². The highest BCUT2D eigenvalue weighted by atomic mass is 35.5. The predicted molar refractivity (Wildman–Crippen MR) is 74.2 cm³/mol. The number of amides is 1. The third kappa shape index (κ3) is 2.46. The maximum atomic E-state index is 12.0. The van der Waals surface area contributed by atoms with Crippen molar-refractivity contribution in [3.63, 3.8) is 0 Å². The molecule has 20 heavy (non-hydrogen) atoms. The molecule has 2 heterocycles. The zero-order valence-electron chi connectivity index (χ0n) is 10.9. The number of rotatable bonds is 3. The summed E-state index contributed by atoms with van der Waals surface area (Å²) in [6.45, 7) is 2.60. The Kier molecular flexibility index (Phi) is 3.42. The third-order valence-corrected chi connectivity index (χ3v) is 5.25. The lowest BCUT2D eigenvalue weighted by atomic mass is 10.2. The summed E-state index contributed by atoms with van der Waals surface area (Å²) in [5, 5.41) is 2.42. The fourth-order valence-electron chi connectivity index (χ4n) is 1.27. The summed E-state index contributed by atoms with van der Waals surface area (Å²) in [4.78, 5) is 26.5.